The summed E-state index contributed by atoms with van der Waals surface area (Å²) in [6, 6.07) is 9.60. The first-order valence-corrected chi connectivity index (χ1v) is 5.71. The van der Waals surface area contributed by atoms with E-state index >= 15 is 0 Å². The second-order valence-electron chi connectivity index (χ2n) is 4.01. The standard InChI is InChI=1S/C14H14F2N2O/c1-19-12-4-2-3-11(16)13(12)14(18-17)9-5-7-10(15)8-6-9/h2-8,14,18H,17H2,1H3. The molecule has 0 heterocycles. The van der Waals surface area contributed by atoms with E-state index in [9.17, 15) is 8.78 Å². The van der Waals surface area contributed by atoms with Crippen LogP contribution in [0.5, 0.6) is 5.75 Å². The van der Waals surface area contributed by atoms with Gasteiger partial charge in [0.05, 0.1) is 18.7 Å². The number of hydrogen-bond donors (Lipinski definition) is 2. The molecule has 2 aromatic carbocycles. The van der Waals surface area contributed by atoms with Crippen LogP contribution in [0.25, 0.3) is 0 Å². The van der Waals surface area contributed by atoms with Crippen molar-refractivity contribution in [3.63, 3.8) is 0 Å². The van der Waals surface area contributed by atoms with E-state index in [1.807, 2.05) is 0 Å². The van der Waals surface area contributed by atoms with E-state index in [4.69, 9.17) is 10.6 Å². The Bertz CT molecular complexity index is 558. The minimum Gasteiger partial charge on any atom is -0.496 e. The molecule has 0 bridgehead atoms. The highest BCUT2D eigenvalue weighted by Gasteiger charge is 2.21. The fourth-order valence-corrected chi connectivity index (χ4v) is 1.98. The second-order valence-corrected chi connectivity index (χ2v) is 4.01. The molecule has 2 aromatic rings. The second kappa shape index (κ2) is 5.77. The normalized spacial score (nSPS) is 12.2. The Morgan fingerprint density at radius 1 is 1.11 bits per heavy atom. The number of rotatable bonds is 4. The van der Waals surface area contributed by atoms with Gasteiger partial charge in [0, 0.05) is 0 Å². The third-order valence-electron chi connectivity index (χ3n) is 2.89. The molecule has 1 atom stereocenters. The minimum absolute atomic E-state index is 0.291. The Kier molecular flexibility index (Phi) is 4.09. The van der Waals surface area contributed by atoms with E-state index in [2.05, 4.69) is 5.43 Å². The molecule has 0 aromatic heterocycles. The lowest BCUT2D eigenvalue weighted by Gasteiger charge is -2.20. The SMILES string of the molecule is COc1cccc(F)c1C(NN)c1ccc(F)cc1. The molecule has 100 valence electrons. The Labute approximate surface area is 110 Å². The first-order valence-electron chi connectivity index (χ1n) is 5.71. The molecular formula is C14H14F2N2O. The Morgan fingerprint density at radius 2 is 1.79 bits per heavy atom. The molecule has 3 N–H and O–H groups in total. The summed E-state index contributed by atoms with van der Waals surface area (Å²) in [7, 11) is 1.45. The van der Waals surface area contributed by atoms with Crippen molar-refractivity contribution >= 4 is 0 Å². The van der Waals surface area contributed by atoms with Crippen molar-refractivity contribution in [2.24, 2.45) is 5.84 Å². The quantitative estimate of drug-likeness (QED) is 0.659. The van der Waals surface area contributed by atoms with E-state index in [0.717, 1.165) is 0 Å². The fourth-order valence-electron chi connectivity index (χ4n) is 1.98. The zero-order chi connectivity index (χ0) is 13.8. The van der Waals surface area contributed by atoms with Crippen LogP contribution in [0, 0.1) is 11.6 Å². The lowest BCUT2D eigenvalue weighted by molar-refractivity contribution is 0.397. The lowest BCUT2D eigenvalue weighted by atomic mass is 9.98. The van der Waals surface area contributed by atoms with Gasteiger partial charge in [-0.05, 0) is 29.8 Å². The summed E-state index contributed by atoms with van der Waals surface area (Å²) in [5.41, 5.74) is 3.46. The molecule has 0 fully saturated rings. The summed E-state index contributed by atoms with van der Waals surface area (Å²) >= 11 is 0. The van der Waals surface area contributed by atoms with E-state index in [0.29, 0.717) is 16.9 Å². The van der Waals surface area contributed by atoms with Crippen LogP contribution >= 0.6 is 0 Å². The lowest BCUT2D eigenvalue weighted by Crippen LogP contribution is -2.30. The predicted molar refractivity (Wildman–Crippen MR) is 68.5 cm³/mol. The molecule has 0 spiro atoms. The summed E-state index contributed by atoms with van der Waals surface area (Å²) in [6.07, 6.45) is 0. The Morgan fingerprint density at radius 3 is 2.37 bits per heavy atom. The van der Waals surface area contributed by atoms with E-state index in [1.54, 1.807) is 24.3 Å². The highest BCUT2D eigenvalue weighted by atomic mass is 19.1. The zero-order valence-electron chi connectivity index (χ0n) is 10.4. The van der Waals surface area contributed by atoms with Gasteiger partial charge >= 0.3 is 0 Å². The first kappa shape index (κ1) is 13.5. The van der Waals surface area contributed by atoms with Crippen molar-refractivity contribution in [2.75, 3.05) is 7.11 Å². The molecule has 0 radical (unpaired) electrons. The van der Waals surface area contributed by atoms with Gasteiger partial charge in [-0.3, -0.25) is 5.84 Å². The number of ether oxygens (including phenoxy) is 1. The molecule has 0 aliphatic carbocycles. The van der Waals surface area contributed by atoms with Gasteiger partial charge in [0.1, 0.15) is 17.4 Å². The maximum absolute atomic E-state index is 14.0. The highest BCUT2D eigenvalue weighted by Crippen LogP contribution is 2.31. The molecular weight excluding hydrogens is 250 g/mol. The third-order valence-corrected chi connectivity index (χ3v) is 2.89. The molecule has 0 saturated carbocycles. The van der Waals surface area contributed by atoms with Crippen molar-refractivity contribution in [3.8, 4) is 5.75 Å². The number of hydrazine groups is 1. The first-order chi connectivity index (χ1) is 9.17. The summed E-state index contributed by atoms with van der Waals surface area (Å²) < 4.78 is 32.1. The van der Waals surface area contributed by atoms with Crippen LogP contribution in [-0.2, 0) is 0 Å². The average Bonchev–Trinajstić information content (AvgIpc) is 2.43. The highest BCUT2D eigenvalue weighted by molar-refractivity contribution is 5.42. The zero-order valence-corrected chi connectivity index (χ0v) is 10.4. The van der Waals surface area contributed by atoms with Gasteiger partial charge in [-0.25, -0.2) is 14.2 Å². The van der Waals surface area contributed by atoms with Crippen molar-refractivity contribution in [3.05, 3.63) is 65.2 Å². The van der Waals surface area contributed by atoms with Crippen LogP contribution < -0.4 is 16.0 Å². The topological polar surface area (TPSA) is 47.3 Å². The number of halogens is 2. The van der Waals surface area contributed by atoms with Gasteiger partial charge in [-0.2, -0.15) is 0 Å². The molecule has 0 aliphatic heterocycles. The van der Waals surface area contributed by atoms with Crippen LogP contribution in [0.3, 0.4) is 0 Å². The van der Waals surface area contributed by atoms with Gasteiger partial charge in [-0.15, -0.1) is 0 Å². The van der Waals surface area contributed by atoms with Crippen LogP contribution in [0.2, 0.25) is 0 Å². The molecule has 0 saturated heterocycles. The minimum atomic E-state index is -0.614. The number of nitrogens with one attached hydrogen (secondary N) is 1. The molecule has 2 rings (SSSR count). The molecule has 3 nitrogen and oxygen atoms in total. The molecule has 0 aliphatic rings. The monoisotopic (exact) mass is 264 g/mol. The number of methoxy groups -OCH3 is 1. The van der Waals surface area contributed by atoms with Gasteiger partial charge in [0.2, 0.25) is 0 Å². The fraction of sp³-hybridized carbons (Fsp3) is 0.143. The predicted octanol–water partition coefficient (Wildman–Crippen LogP) is 2.53. The Hall–Kier alpha value is -1.98. The van der Waals surface area contributed by atoms with Gasteiger partial charge in [0.15, 0.2) is 0 Å². The number of benzene rings is 2. The molecule has 1 unspecified atom stereocenters. The van der Waals surface area contributed by atoms with Crippen LogP contribution in [-0.4, -0.2) is 7.11 Å². The number of hydrogen-bond acceptors (Lipinski definition) is 3. The van der Waals surface area contributed by atoms with Gasteiger partial charge in [-0.1, -0.05) is 18.2 Å². The van der Waals surface area contributed by atoms with Crippen LogP contribution in [0.1, 0.15) is 17.2 Å². The largest absolute Gasteiger partial charge is 0.496 e. The Balaban J connectivity index is 2.50. The summed E-state index contributed by atoms with van der Waals surface area (Å²) in [5.74, 6) is 5.08. The van der Waals surface area contributed by atoms with Crippen molar-refractivity contribution < 1.29 is 13.5 Å². The summed E-state index contributed by atoms with van der Waals surface area (Å²) in [5, 5.41) is 0. The van der Waals surface area contributed by atoms with E-state index in [1.165, 1.54) is 25.3 Å². The van der Waals surface area contributed by atoms with Gasteiger partial charge < -0.3 is 4.74 Å². The van der Waals surface area contributed by atoms with Crippen molar-refractivity contribution in [1.29, 1.82) is 0 Å². The molecule has 0 amide bonds. The van der Waals surface area contributed by atoms with Crippen molar-refractivity contribution in [2.45, 2.75) is 6.04 Å². The number of nitrogens with two attached hydrogens (primary N) is 1. The van der Waals surface area contributed by atoms with Crippen LogP contribution in [0.4, 0.5) is 8.78 Å². The smallest absolute Gasteiger partial charge is 0.132 e. The van der Waals surface area contributed by atoms with Gasteiger partial charge in [0.25, 0.3) is 0 Å². The van der Waals surface area contributed by atoms with E-state index in [-0.39, 0.29) is 5.82 Å². The third kappa shape index (κ3) is 2.72. The maximum Gasteiger partial charge on any atom is 0.132 e. The average molecular weight is 264 g/mol. The molecule has 19 heavy (non-hydrogen) atoms. The molecule has 5 heteroatoms. The van der Waals surface area contributed by atoms with Crippen LogP contribution in [0.15, 0.2) is 42.5 Å². The van der Waals surface area contributed by atoms with E-state index < -0.39 is 11.9 Å². The summed E-state index contributed by atoms with van der Waals surface area (Å²) in [6.45, 7) is 0. The van der Waals surface area contributed by atoms with Crippen molar-refractivity contribution in [1.82, 2.24) is 5.43 Å². The summed E-state index contributed by atoms with van der Waals surface area (Å²) in [4.78, 5) is 0. The maximum atomic E-state index is 14.0.